The third-order valence-corrected chi connectivity index (χ3v) is 4.07. The lowest BCUT2D eigenvalue weighted by Crippen LogP contribution is -2.42. The number of hydrogen-bond acceptors (Lipinski definition) is 3. The van der Waals surface area contributed by atoms with E-state index in [4.69, 9.17) is 4.74 Å². The lowest BCUT2D eigenvalue weighted by atomic mass is 10.0. The summed E-state index contributed by atoms with van der Waals surface area (Å²) in [4.78, 5) is 23.8. The van der Waals surface area contributed by atoms with Crippen molar-refractivity contribution >= 4 is 11.9 Å². The average Bonchev–Trinajstić information content (AvgIpc) is 2.65. The van der Waals surface area contributed by atoms with Gasteiger partial charge >= 0.3 is 18.3 Å². The molecule has 0 saturated carbocycles. The Bertz CT molecular complexity index is 907. The number of carboxylic acid groups (broad SMARTS) is 1. The fraction of sp³-hybridized carbons (Fsp3) is 0.263. The molecule has 2 N–H and O–H groups in total. The highest BCUT2D eigenvalue weighted by Crippen LogP contribution is 2.36. The van der Waals surface area contributed by atoms with E-state index >= 15 is 0 Å². The molecule has 0 aliphatic rings. The summed E-state index contributed by atoms with van der Waals surface area (Å²) in [6.45, 7) is 0. The third kappa shape index (κ3) is 5.65. The average molecular weight is 435 g/mol. The summed E-state index contributed by atoms with van der Waals surface area (Å²) < 4.78 is 82.8. The molecule has 0 spiro atoms. The van der Waals surface area contributed by atoms with Crippen LogP contribution in [0.15, 0.2) is 42.5 Å². The Hall–Kier alpha value is -3.24. The Morgan fingerprint density at radius 1 is 1.00 bits per heavy atom. The van der Waals surface area contributed by atoms with Crippen molar-refractivity contribution < 1.29 is 45.8 Å². The highest BCUT2D eigenvalue weighted by Gasteiger charge is 2.37. The van der Waals surface area contributed by atoms with Gasteiger partial charge in [0.1, 0.15) is 11.8 Å². The maximum atomic E-state index is 13.0. The summed E-state index contributed by atoms with van der Waals surface area (Å²) in [5.41, 5.74) is -3.96. The summed E-state index contributed by atoms with van der Waals surface area (Å²) in [6, 6.07) is 4.92. The van der Waals surface area contributed by atoms with Crippen LogP contribution in [0.25, 0.3) is 0 Å². The van der Waals surface area contributed by atoms with Crippen LogP contribution in [0, 0.1) is 0 Å². The van der Waals surface area contributed by atoms with Crippen LogP contribution < -0.4 is 10.1 Å². The van der Waals surface area contributed by atoms with E-state index in [9.17, 15) is 41.0 Å². The number of hydrogen-bond donors (Lipinski definition) is 2. The summed E-state index contributed by atoms with van der Waals surface area (Å²) in [5.74, 6) is -2.62. The number of benzene rings is 2. The number of nitrogens with one attached hydrogen (secondary N) is 1. The van der Waals surface area contributed by atoms with Gasteiger partial charge in [-0.3, -0.25) is 4.79 Å². The fourth-order valence-electron chi connectivity index (χ4n) is 2.62. The number of carboxylic acids is 1. The van der Waals surface area contributed by atoms with Gasteiger partial charge in [0, 0.05) is 12.0 Å². The van der Waals surface area contributed by atoms with E-state index in [-0.39, 0.29) is 24.6 Å². The standard InChI is InChI=1S/C19H15F6NO4/c1-30-15-5-3-2-4-10(15)8-14(17(28)29)26-16(27)11-6-12(18(20,21)22)9-13(7-11)19(23,24)25/h2-7,9,14H,8H2,1H3,(H,26,27)(H,28,29)/t14-/m0/s1. The zero-order valence-electron chi connectivity index (χ0n) is 15.3. The first kappa shape index (κ1) is 23.0. The maximum absolute atomic E-state index is 13.0. The molecule has 5 nitrogen and oxygen atoms in total. The van der Waals surface area contributed by atoms with E-state index in [1.807, 2.05) is 5.32 Å². The number of halogens is 6. The van der Waals surface area contributed by atoms with Crippen LogP contribution in [-0.2, 0) is 23.6 Å². The molecular formula is C19H15F6NO4. The zero-order chi connectivity index (χ0) is 22.7. The molecule has 0 fully saturated rings. The van der Waals surface area contributed by atoms with Crippen molar-refractivity contribution in [3.63, 3.8) is 0 Å². The normalized spacial score (nSPS) is 12.9. The van der Waals surface area contributed by atoms with Crippen molar-refractivity contribution in [3.05, 3.63) is 64.7 Å². The summed E-state index contributed by atoms with van der Waals surface area (Å²) in [6.07, 6.45) is -10.6. The Kier molecular flexibility index (Phi) is 6.63. The Labute approximate surface area is 166 Å². The van der Waals surface area contributed by atoms with Crippen LogP contribution in [0.1, 0.15) is 27.0 Å². The first-order valence-corrected chi connectivity index (χ1v) is 8.28. The Balaban J connectivity index is 2.37. The number of carbonyl (C=O) groups is 2. The number of methoxy groups -OCH3 is 1. The van der Waals surface area contributed by atoms with Crippen molar-refractivity contribution in [3.8, 4) is 5.75 Å². The molecule has 0 aliphatic heterocycles. The number of ether oxygens (including phenoxy) is 1. The summed E-state index contributed by atoms with van der Waals surface area (Å²) >= 11 is 0. The monoisotopic (exact) mass is 435 g/mol. The fourth-order valence-corrected chi connectivity index (χ4v) is 2.62. The summed E-state index contributed by atoms with van der Waals surface area (Å²) in [5, 5.41) is 11.3. The predicted molar refractivity (Wildman–Crippen MR) is 92.0 cm³/mol. The van der Waals surface area contributed by atoms with Gasteiger partial charge in [0.15, 0.2) is 0 Å². The van der Waals surface area contributed by atoms with Crippen LogP contribution in [0.4, 0.5) is 26.3 Å². The van der Waals surface area contributed by atoms with E-state index in [0.29, 0.717) is 11.3 Å². The molecule has 2 rings (SSSR count). The van der Waals surface area contributed by atoms with Gasteiger partial charge in [0.05, 0.1) is 18.2 Å². The second-order valence-corrected chi connectivity index (χ2v) is 6.17. The summed E-state index contributed by atoms with van der Waals surface area (Å²) in [7, 11) is 1.33. The molecule has 0 aliphatic carbocycles. The van der Waals surface area contributed by atoms with Crippen LogP contribution in [0.2, 0.25) is 0 Å². The second-order valence-electron chi connectivity index (χ2n) is 6.17. The minimum absolute atomic E-state index is 0.125. The number of para-hydroxylation sites is 1. The number of carbonyl (C=O) groups excluding carboxylic acids is 1. The van der Waals surface area contributed by atoms with Crippen molar-refractivity contribution in [2.24, 2.45) is 0 Å². The minimum Gasteiger partial charge on any atom is -0.496 e. The van der Waals surface area contributed by atoms with E-state index in [0.717, 1.165) is 0 Å². The highest BCUT2D eigenvalue weighted by molar-refractivity contribution is 5.97. The second kappa shape index (κ2) is 8.64. The van der Waals surface area contributed by atoms with E-state index < -0.39 is 47.0 Å². The van der Waals surface area contributed by atoms with Gasteiger partial charge in [0.25, 0.3) is 5.91 Å². The van der Waals surface area contributed by atoms with Crippen LogP contribution in [0.5, 0.6) is 5.75 Å². The Morgan fingerprint density at radius 3 is 2.00 bits per heavy atom. The SMILES string of the molecule is COc1ccccc1C[C@H](NC(=O)c1cc(C(F)(F)F)cc(C(F)(F)F)c1)C(=O)O. The molecule has 11 heteroatoms. The molecule has 0 aromatic heterocycles. The van der Waals surface area contributed by atoms with Crippen LogP contribution >= 0.6 is 0 Å². The van der Waals surface area contributed by atoms with Gasteiger partial charge in [0.2, 0.25) is 0 Å². The Morgan fingerprint density at radius 2 is 1.53 bits per heavy atom. The number of amides is 1. The third-order valence-electron chi connectivity index (χ3n) is 4.07. The molecule has 2 aromatic rings. The van der Waals surface area contributed by atoms with Crippen LogP contribution in [-0.4, -0.2) is 30.1 Å². The maximum Gasteiger partial charge on any atom is 0.416 e. The highest BCUT2D eigenvalue weighted by atomic mass is 19.4. The quantitative estimate of drug-likeness (QED) is 0.669. The first-order chi connectivity index (χ1) is 13.8. The molecule has 162 valence electrons. The van der Waals surface area contributed by atoms with Gasteiger partial charge in [-0.05, 0) is 29.8 Å². The topological polar surface area (TPSA) is 75.6 Å². The van der Waals surface area contributed by atoms with Crippen LogP contribution in [0.3, 0.4) is 0 Å². The van der Waals surface area contributed by atoms with Gasteiger partial charge < -0.3 is 15.2 Å². The molecule has 0 radical (unpaired) electrons. The largest absolute Gasteiger partial charge is 0.496 e. The molecule has 1 amide bonds. The van der Waals surface area contributed by atoms with Gasteiger partial charge in [-0.25, -0.2) is 4.79 Å². The van der Waals surface area contributed by atoms with Crippen molar-refractivity contribution in [1.29, 1.82) is 0 Å². The minimum atomic E-state index is -5.14. The van der Waals surface area contributed by atoms with E-state index in [1.165, 1.54) is 19.2 Å². The van der Waals surface area contributed by atoms with Gasteiger partial charge in [-0.2, -0.15) is 26.3 Å². The zero-order valence-corrected chi connectivity index (χ0v) is 15.3. The van der Waals surface area contributed by atoms with Crippen molar-refractivity contribution in [2.75, 3.05) is 7.11 Å². The number of alkyl halides is 6. The molecular weight excluding hydrogens is 420 g/mol. The van der Waals surface area contributed by atoms with Gasteiger partial charge in [-0.15, -0.1) is 0 Å². The molecule has 0 unspecified atom stereocenters. The molecule has 0 bridgehead atoms. The smallest absolute Gasteiger partial charge is 0.416 e. The molecule has 2 aromatic carbocycles. The van der Waals surface area contributed by atoms with Gasteiger partial charge in [-0.1, -0.05) is 18.2 Å². The predicted octanol–water partition coefficient (Wildman–Crippen LogP) is 4.16. The first-order valence-electron chi connectivity index (χ1n) is 8.28. The molecule has 0 heterocycles. The molecule has 30 heavy (non-hydrogen) atoms. The van der Waals surface area contributed by atoms with E-state index in [2.05, 4.69) is 0 Å². The van der Waals surface area contributed by atoms with E-state index in [1.54, 1.807) is 12.1 Å². The molecule has 0 saturated heterocycles. The van der Waals surface area contributed by atoms with Crippen molar-refractivity contribution in [1.82, 2.24) is 5.32 Å². The number of rotatable bonds is 6. The lowest BCUT2D eigenvalue weighted by Gasteiger charge is -2.18. The lowest BCUT2D eigenvalue weighted by molar-refractivity contribution is -0.143. The molecule has 1 atom stereocenters. The van der Waals surface area contributed by atoms with Crippen molar-refractivity contribution in [2.45, 2.75) is 24.8 Å². The number of aliphatic carboxylic acids is 1.